The van der Waals surface area contributed by atoms with Crippen molar-refractivity contribution >= 4 is 21.8 Å². The molecule has 2 fully saturated rings. The maximum absolute atomic E-state index is 11.1. The zero-order valence-electron chi connectivity index (χ0n) is 11.5. The van der Waals surface area contributed by atoms with Gasteiger partial charge < -0.3 is 17.6 Å². The summed E-state index contributed by atoms with van der Waals surface area (Å²) in [6.07, 6.45) is 5.11. The van der Waals surface area contributed by atoms with Gasteiger partial charge in [0, 0.05) is 12.6 Å². The Morgan fingerprint density at radius 2 is 1.94 bits per heavy atom. The molecule has 3 nitrogen and oxygen atoms in total. The molecule has 0 saturated carbocycles. The maximum Gasteiger partial charge on any atom is 1.00 e. The zero-order valence-corrected chi connectivity index (χ0v) is 16.2. The van der Waals surface area contributed by atoms with Gasteiger partial charge in [0.2, 0.25) is 5.91 Å². The fraction of sp³-hybridized carbons (Fsp3) is 0.833. The summed E-state index contributed by atoms with van der Waals surface area (Å²) in [5, 5.41) is 3.69. The van der Waals surface area contributed by atoms with E-state index in [4.69, 9.17) is 0 Å². The van der Waals surface area contributed by atoms with Gasteiger partial charge in [0.05, 0.1) is 5.33 Å². The van der Waals surface area contributed by atoms with Gasteiger partial charge in [-0.05, 0) is 45.7 Å². The largest absolute Gasteiger partial charge is 1.00 e. The van der Waals surface area contributed by atoms with Gasteiger partial charge in [-0.1, -0.05) is 15.9 Å². The van der Waals surface area contributed by atoms with Crippen molar-refractivity contribution in [3.63, 3.8) is 0 Å². The minimum Gasteiger partial charge on any atom is -0.358 e. The molecule has 0 radical (unpaired) electrons. The quantitative estimate of drug-likeness (QED) is 0.388. The molecule has 1 amide bonds. The molecule has 1 N–H and O–H groups in total. The van der Waals surface area contributed by atoms with Crippen molar-refractivity contribution in [3.05, 3.63) is 7.43 Å². The van der Waals surface area contributed by atoms with Crippen molar-refractivity contribution in [1.29, 1.82) is 0 Å². The third-order valence-corrected chi connectivity index (χ3v) is 3.42. The molecule has 17 heavy (non-hydrogen) atoms. The van der Waals surface area contributed by atoms with Crippen molar-refractivity contribution in [2.24, 2.45) is 0 Å². The number of hydrogen-bond acceptors (Lipinski definition) is 2. The Bertz CT molecular complexity index is 193. The monoisotopic (exact) mass is 330 g/mol. The van der Waals surface area contributed by atoms with Crippen LogP contribution in [0.2, 0.25) is 0 Å². The van der Waals surface area contributed by atoms with Crippen LogP contribution in [-0.4, -0.2) is 41.8 Å². The molecule has 2 heterocycles. The van der Waals surface area contributed by atoms with E-state index in [0.717, 1.165) is 6.54 Å². The van der Waals surface area contributed by atoms with Gasteiger partial charge >= 0.3 is 51.4 Å². The van der Waals surface area contributed by atoms with Crippen LogP contribution in [0.1, 0.15) is 32.6 Å². The van der Waals surface area contributed by atoms with Gasteiger partial charge in [-0.2, -0.15) is 0 Å². The first-order chi connectivity index (χ1) is 7.25. The Labute approximate surface area is 157 Å². The average Bonchev–Trinajstić information content (AvgIpc) is 2.89. The van der Waals surface area contributed by atoms with Gasteiger partial charge in [-0.25, -0.2) is 0 Å². The fourth-order valence-corrected chi connectivity index (χ4v) is 2.33. The summed E-state index contributed by atoms with van der Waals surface area (Å²) < 4.78 is 0. The molecule has 96 valence electrons. The number of nitrogens with zero attached hydrogens (tertiary/aromatic N) is 1. The predicted molar refractivity (Wildman–Crippen MR) is 72.7 cm³/mol. The van der Waals surface area contributed by atoms with Crippen LogP contribution in [0.3, 0.4) is 0 Å². The maximum atomic E-state index is 11.1. The van der Waals surface area contributed by atoms with E-state index in [1.165, 1.54) is 38.8 Å². The number of carbonyl (C=O) groups excluding carboxylic acids is 1. The minimum absolute atomic E-state index is 0. The van der Waals surface area contributed by atoms with Crippen molar-refractivity contribution < 1.29 is 56.2 Å². The number of rotatable bonds is 1. The third kappa shape index (κ3) is 8.34. The van der Waals surface area contributed by atoms with Crippen molar-refractivity contribution in [2.45, 2.75) is 38.6 Å². The van der Waals surface area contributed by atoms with E-state index in [9.17, 15) is 4.79 Å². The Kier molecular flexibility index (Phi) is 15.4. The zero-order chi connectivity index (χ0) is 11.1. The van der Waals surface area contributed by atoms with Gasteiger partial charge in [-0.15, -0.1) is 0 Å². The number of amides is 1. The Hall–Kier alpha value is 1.55. The molecule has 0 aromatic carbocycles. The van der Waals surface area contributed by atoms with E-state index in [1.54, 1.807) is 0 Å². The van der Waals surface area contributed by atoms with Gasteiger partial charge in [0.25, 0.3) is 0 Å². The number of carbonyl (C=O) groups is 1. The number of likely N-dealkylation sites (tertiary alicyclic amines) is 1. The molecule has 2 saturated heterocycles. The van der Waals surface area contributed by atoms with Crippen LogP contribution in [0.15, 0.2) is 0 Å². The van der Waals surface area contributed by atoms with Gasteiger partial charge in [-0.3, -0.25) is 4.79 Å². The van der Waals surface area contributed by atoms with Crippen molar-refractivity contribution in [1.82, 2.24) is 10.2 Å². The molecule has 5 heteroatoms. The number of halogens is 1. The van der Waals surface area contributed by atoms with Crippen LogP contribution in [0, 0.1) is 7.43 Å². The SMILES string of the molecule is C1CCNC1.CC1CCCN1C(=O)CBr.[CH3-].[K+]. The van der Waals surface area contributed by atoms with E-state index in [2.05, 4.69) is 28.2 Å². The van der Waals surface area contributed by atoms with E-state index in [-0.39, 0.29) is 64.7 Å². The smallest absolute Gasteiger partial charge is 0.358 e. The van der Waals surface area contributed by atoms with E-state index in [1.807, 2.05) is 4.90 Å². The third-order valence-electron chi connectivity index (χ3n) is 2.94. The molecule has 0 aromatic rings. The van der Waals surface area contributed by atoms with Crippen LogP contribution in [0.25, 0.3) is 0 Å². The molecule has 0 bridgehead atoms. The summed E-state index contributed by atoms with van der Waals surface area (Å²) in [5.74, 6) is 0.227. The molecule has 0 aliphatic carbocycles. The molecule has 1 unspecified atom stereocenters. The van der Waals surface area contributed by atoms with E-state index in [0.29, 0.717) is 11.4 Å². The molecule has 1 atom stereocenters. The molecule has 0 spiro atoms. The number of alkyl halides is 1. The second-order valence-electron chi connectivity index (χ2n) is 4.17. The number of hydrogen-bond donors (Lipinski definition) is 1. The molecule has 2 rings (SSSR count). The van der Waals surface area contributed by atoms with Crippen LogP contribution < -0.4 is 56.7 Å². The van der Waals surface area contributed by atoms with Crippen LogP contribution in [-0.2, 0) is 4.79 Å². The average molecular weight is 331 g/mol. The summed E-state index contributed by atoms with van der Waals surface area (Å²) in [4.78, 5) is 13.0. The molecule has 0 aromatic heterocycles. The second kappa shape index (κ2) is 12.6. The first kappa shape index (κ1) is 20.9. The number of nitrogens with one attached hydrogen (secondary N) is 1. The normalized spacial score (nSPS) is 22.0. The predicted octanol–water partition coefficient (Wildman–Crippen LogP) is -0.784. The second-order valence-corrected chi connectivity index (χ2v) is 4.73. The Balaban J connectivity index is 0. The molecular weight excluding hydrogens is 307 g/mol. The fourth-order valence-electron chi connectivity index (χ4n) is 2.01. The van der Waals surface area contributed by atoms with E-state index >= 15 is 0 Å². The summed E-state index contributed by atoms with van der Waals surface area (Å²) in [6, 6.07) is 0.463. The summed E-state index contributed by atoms with van der Waals surface area (Å²) in [7, 11) is 0. The molecular formula is C12H24BrKN2O. The van der Waals surface area contributed by atoms with E-state index < -0.39 is 0 Å². The Morgan fingerprint density at radius 3 is 2.24 bits per heavy atom. The van der Waals surface area contributed by atoms with Crippen LogP contribution in [0.5, 0.6) is 0 Å². The van der Waals surface area contributed by atoms with Crippen molar-refractivity contribution in [2.75, 3.05) is 25.0 Å². The molecule has 2 aliphatic heterocycles. The summed E-state index contributed by atoms with van der Waals surface area (Å²) in [6.45, 7) is 5.55. The standard InChI is InChI=1S/C7H12BrNO.C4H9N.CH3.K/c1-6-3-2-4-9(6)7(10)5-8;1-2-4-5-3-1;;/h6H,2-5H2,1H3;5H,1-4H2;1H3;/q;;-1;+1. The van der Waals surface area contributed by atoms with Crippen LogP contribution >= 0.6 is 15.9 Å². The topological polar surface area (TPSA) is 32.3 Å². The van der Waals surface area contributed by atoms with Crippen LogP contribution in [0.4, 0.5) is 0 Å². The van der Waals surface area contributed by atoms with Gasteiger partial charge in [0.1, 0.15) is 0 Å². The summed E-state index contributed by atoms with van der Waals surface area (Å²) in [5.41, 5.74) is 0. The minimum atomic E-state index is 0. The Morgan fingerprint density at radius 1 is 1.35 bits per heavy atom. The summed E-state index contributed by atoms with van der Waals surface area (Å²) >= 11 is 3.16. The molecule has 2 aliphatic rings. The van der Waals surface area contributed by atoms with Crippen molar-refractivity contribution in [3.8, 4) is 0 Å². The first-order valence-electron chi connectivity index (χ1n) is 5.82. The van der Waals surface area contributed by atoms with Gasteiger partial charge in [0.15, 0.2) is 0 Å². The first-order valence-corrected chi connectivity index (χ1v) is 6.94.